The van der Waals surface area contributed by atoms with Gasteiger partial charge >= 0.3 is 0 Å². The summed E-state index contributed by atoms with van der Waals surface area (Å²) < 4.78 is 0. The molecule has 0 saturated carbocycles. The molecule has 0 fully saturated rings. The third-order valence-corrected chi connectivity index (χ3v) is 2.87. The smallest absolute Gasteiger partial charge is 0.113 e. The summed E-state index contributed by atoms with van der Waals surface area (Å²) in [7, 11) is 0. The molecule has 0 unspecified atom stereocenters. The summed E-state index contributed by atoms with van der Waals surface area (Å²) in [5, 5.41) is 13.7. The van der Waals surface area contributed by atoms with Crippen molar-refractivity contribution in [2.75, 3.05) is 12.0 Å². The van der Waals surface area contributed by atoms with Crippen LogP contribution >= 0.6 is 11.3 Å². The van der Waals surface area contributed by atoms with Gasteiger partial charge in [-0.05, 0) is 29.1 Å². The van der Waals surface area contributed by atoms with Gasteiger partial charge in [0.25, 0.3) is 0 Å². The minimum Gasteiger partial charge on any atom is -0.377 e. The number of benzene rings is 1. The number of aliphatic hydroxyl groups excluding tert-OH is 1. The zero-order chi connectivity index (χ0) is 9.80. The van der Waals surface area contributed by atoms with E-state index in [0.717, 1.165) is 5.69 Å². The molecule has 14 heavy (non-hydrogen) atoms. The largest absolute Gasteiger partial charge is 0.377 e. The highest BCUT2D eigenvalue weighted by Crippen LogP contribution is 2.26. The van der Waals surface area contributed by atoms with Crippen LogP contribution in [0.1, 0.15) is 0 Å². The molecule has 1 aromatic carbocycles. The lowest BCUT2D eigenvalue weighted by Gasteiger charge is -2.04. The highest BCUT2D eigenvalue weighted by molar-refractivity contribution is 7.13. The third kappa shape index (κ3) is 1.95. The SMILES string of the molecule is OCNc1cccc(-c2cccs2)c1. The van der Waals surface area contributed by atoms with E-state index >= 15 is 0 Å². The number of hydrogen-bond donors (Lipinski definition) is 2. The Morgan fingerprint density at radius 2 is 2.14 bits per heavy atom. The van der Waals surface area contributed by atoms with E-state index in [0.29, 0.717) is 0 Å². The second-order valence-corrected chi connectivity index (χ2v) is 3.84. The Morgan fingerprint density at radius 1 is 1.21 bits per heavy atom. The van der Waals surface area contributed by atoms with Gasteiger partial charge in [-0.3, -0.25) is 0 Å². The summed E-state index contributed by atoms with van der Waals surface area (Å²) in [6.07, 6.45) is 0. The second-order valence-electron chi connectivity index (χ2n) is 2.89. The van der Waals surface area contributed by atoms with Gasteiger partial charge in [-0.2, -0.15) is 0 Å². The molecular formula is C11H11NOS. The van der Waals surface area contributed by atoms with Gasteiger partial charge in [0.1, 0.15) is 6.73 Å². The molecule has 0 aliphatic heterocycles. The molecule has 0 aliphatic rings. The van der Waals surface area contributed by atoms with Crippen molar-refractivity contribution in [3.63, 3.8) is 0 Å². The Kier molecular flexibility index (Phi) is 2.81. The molecule has 1 heterocycles. The monoisotopic (exact) mass is 205 g/mol. The van der Waals surface area contributed by atoms with Crippen molar-refractivity contribution >= 4 is 17.0 Å². The molecule has 0 amide bonds. The summed E-state index contributed by atoms with van der Waals surface area (Å²) >= 11 is 1.71. The maximum absolute atomic E-state index is 8.73. The van der Waals surface area contributed by atoms with Crippen LogP contribution in [0.3, 0.4) is 0 Å². The number of rotatable bonds is 3. The van der Waals surface area contributed by atoms with Crippen LogP contribution in [0.25, 0.3) is 10.4 Å². The third-order valence-electron chi connectivity index (χ3n) is 1.95. The van der Waals surface area contributed by atoms with Gasteiger partial charge in [-0.15, -0.1) is 11.3 Å². The fraction of sp³-hybridized carbons (Fsp3) is 0.0909. The predicted molar refractivity (Wildman–Crippen MR) is 60.5 cm³/mol. The molecule has 0 atom stereocenters. The maximum atomic E-state index is 8.73. The average molecular weight is 205 g/mol. The number of nitrogens with one attached hydrogen (secondary N) is 1. The molecule has 2 aromatic rings. The standard InChI is InChI=1S/C11H11NOS/c13-8-12-10-4-1-3-9(7-10)11-5-2-6-14-11/h1-7,12-13H,8H2. The van der Waals surface area contributed by atoms with Crippen LogP contribution in [0.15, 0.2) is 41.8 Å². The topological polar surface area (TPSA) is 32.3 Å². The van der Waals surface area contributed by atoms with E-state index in [1.807, 2.05) is 24.3 Å². The second kappa shape index (κ2) is 4.26. The lowest BCUT2D eigenvalue weighted by molar-refractivity contribution is 0.325. The summed E-state index contributed by atoms with van der Waals surface area (Å²) in [4.78, 5) is 1.24. The molecule has 0 bridgehead atoms. The van der Waals surface area contributed by atoms with Crippen LogP contribution in [0, 0.1) is 0 Å². The summed E-state index contributed by atoms with van der Waals surface area (Å²) in [6, 6.07) is 12.1. The molecule has 0 aliphatic carbocycles. The van der Waals surface area contributed by atoms with Gasteiger partial charge in [0.15, 0.2) is 0 Å². The minimum atomic E-state index is -0.0338. The van der Waals surface area contributed by atoms with Gasteiger partial charge in [-0.25, -0.2) is 0 Å². The lowest BCUT2D eigenvalue weighted by atomic mass is 10.2. The van der Waals surface area contributed by atoms with E-state index in [1.165, 1.54) is 10.4 Å². The van der Waals surface area contributed by atoms with E-state index in [-0.39, 0.29) is 6.73 Å². The Labute approximate surface area is 86.8 Å². The average Bonchev–Trinajstić information content (AvgIpc) is 2.71. The molecule has 2 nitrogen and oxygen atoms in total. The van der Waals surface area contributed by atoms with E-state index in [2.05, 4.69) is 22.8 Å². The Morgan fingerprint density at radius 3 is 2.86 bits per heavy atom. The molecule has 0 spiro atoms. The maximum Gasteiger partial charge on any atom is 0.113 e. The Hall–Kier alpha value is -1.32. The van der Waals surface area contributed by atoms with E-state index in [4.69, 9.17) is 5.11 Å². The van der Waals surface area contributed by atoms with Crippen molar-refractivity contribution in [2.45, 2.75) is 0 Å². The molecular weight excluding hydrogens is 194 g/mol. The first-order chi connectivity index (χ1) is 6.90. The quantitative estimate of drug-likeness (QED) is 0.755. The van der Waals surface area contributed by atoms with E-state index in [1.54, 1.807) is 11.3 Å². The zero-order valence-corrected chi connectivity index (χ0v) is 8.42. The predicted octanol–water partition coefficient (Wildman–Crippen LogP) is 2.78. The molecule has 2 rings (SSSR count). The highest BCUT2D eigenvalue weighted by atomic mass is 32.1. The van der Waals surface area contributed by atoms with Crippen molar-refractivity contribution in [3.05, 3.63) is 41.8 Å². The Bertz CT molecular complexity index is 397. The molecule has 3 heteroatoms. The van der Waals surface area contributed by atoms with Crippen LogP contribution < -0.4 is 5.32 Å². The van der Waals surface area contributed by atoms with Gasteiger partial charge in [0.05, 0.1) is 0 Å². The molecule has 72 valence electrons. The number of thiophene rings is 1. The van der Waals surface area contributed by atoms with Gasteiger partial charge < -0.3 is 10.4 Å². The van der Waals surface area contributed by atoms with Crippen molar-refractivity contribution < 1.29 is 5.11 Å². The van der Waals surface area contributed by atoms with Crippen molar-refractivity contribution in [1.82, 2.24) is 0 Å². The Balaban J connectivity index is 2.31. The lowest BCUT2D eigenvalue weighted by Crippen LogP contribution is -1.98. The van der Waals surface area contributed by atoms with E-state index in [9.17, 15) is 0 Å². The van der Waals surface area contributed by atoms with Crippen molar-refractivity contribution in [2.24, 2.45) is 0 Å². The summed E-state index contributed by atoms with van der Waals surface area (Å²) in [5.41, 5.74) is 2.12. The van der Waals surface area contributed by atoms with Gasteiger partial charge in [0, 0.05) is 10.6 Å². The van der Waals surface area contributed by atoms with Crippen LogP contribution in [0.5, 0.6) is 0 Å². The fourth-order valence-corrected chi connectivity index (χ4v) is 2.04. The van der Waals surface area contributed by atoms with Gasteiger partial charge in [0.2, 0.25) is 0 Å². The first kappa shape index (κ1) is 9.24. The fourth-order valence-electron chi connectivity index (χ4n) is 1.32. The number of anilines is 1. The summed E-state index contributed by atoms with van der Waals surface area (Å²) in [5.74, 6) is 0. The van der Waals surface area contributed by atoms with Crippen LogP contribution in [0.2, 0.25) is 0 Å². The van der Waals surface area contributed by atoms with Gasteiger partial charge in [-0.1, -0.05) is 18.2 Å². The first-order valence-electron chi connectivity index (χ1n) is 4.39. The molecule has 0 saturated heterocycles. The van der Waals surface area contributed by atoms with Crippen LogP contribution in [-0.2, 0) is 0 Å². The molecule has 1 aromatic heterocycles. The molecule has 2 N–H and O–H groups in total. The van der Waals surface area contributed by atoms with Crippen LogP contribution in [0.4, 0.5) is 5.69 Å². The first-order valence-corrected chi connectivity index (χ1v) is 5.27. The normalized spacial score (nSPS) is 10.1. The van der Waals surface area contributed by atoms with Crippen molar-refractivity contribution in [1.29, 1.82) is 0 Å². The minimum absolute atomic E-state index is 0.0338. The number of aliphatic hydroxyl groups is 1. The summed E-state index contributed by atoms with van der Waals surface area (Å²) in [6.45, 7) is -0.0338. The van der Waals surface area contributed by atoms with Crippen LogP contribution in [-0.4, -0.2) is 11.8 Å². The van der Waals surface area contributed by atoms with E-state index < -0.39 is 0 Å². The zero-order valence-electron chi connectivity index (χ0n) is 7.60. The highest BCUT2D eigenvalue weighted by Gasteiger charge is 1.98. The molecule has 0 radical (unpaired) electrons. The van der Waals surface area contributed by atoms with Crippen molar-refractivity contribution in [3.8, 4) is 10.4 Å². The number of hydrogen-bond acceptors (Lipinski definition) is 3.